The van der Waals surface area contributed by atoms with Gasteiger partial charge in [-0.3, -0.25) is 0 Å². The molecule has 2 unspecified atom stereocenters. The molecule has 4 heteroatoms. The molecule has 1 heterocycles. The zero-order valence-corrected chi connectivity index (χ0v) is 10.8. The maximum absolute atomic E-state index is 5.68. The van der Waals surface area contributed by atoms with Crippen LogP contribution in [-0.4, -0.2) is 38.5 Å². The van der Waals surface area contributed by atoms with Crippen LogP contribution in [0.2, 0.25) is 0 Å². The molecule has 0 aromatic heterocycles. The molecule has 98 valence electrons. The van der Waals surface area contributed by atoms with Crippen LogP contribution in [0, 0.1) is 5.92 Å². The van der Waals surface area contributed by atoms with E-state index >= 15 is 0 Å². The largest absolute Gasteiger partial charge is 0.359 e. The SMILES string of the molecule is COCO[C@@H]1CC1C/C=C/C1COC(C)(C)O1. The normalized spacial score (nSPS) is 35.6. The maximum atomic E-state index is 5.68. The lowest BCUT2D eigenvalue weighted by Crippen LogP contribution is -2.20. The summed E-state index contributed by atoms with van der Waals surface area (Å²) in [5.74, 6) is 0.218. The van der Waals surface area contributed by atoms with Gasteiger partial charge in [-0.1, -0.05) is 12.2 Å². The molecule has 2 aliphatic rings. The van der Waals surface area contributed by atoms with Crippen LogP contribution in [0.5, 0.6) is 0 Å². The van der Waals surface area contributed by atoms with Crippen LogP contribution in [0.25, 0.3) is 0 Å². The van der Waals surface area contributed by atoms with Gasteiger partial charge in [0, 0.05) is 7.11 Å². The van der Waals surface area contributed by atoms with Crippen LogP contribution >= 0.6 is 0 Å². The van der Waals surface area contributed by atoms with E-state index in [0.717, 1.165) is 12.8 Å². The topological polar surface area (TPSA) is 36.9 Å². The Kier molecular flexibility index (Phi) is 4.20. The Bertz CT molecular complexity index is 275. The molecule has 0 aromatic carbocycles. The molecule has 2 fully saturated rings. The van der Waals surface area contributed by atoms with E-state index in [-0.39, 0.29) is 6.10 Å². The van der Waals surface area contributed by atoms with Gasteiger partial charge in [0.15, 0.2) is 5.79 Å². The second kappa shape index (κ2) is 5.48. The van der Waals surface area contributed by atoms with Gasteiger partial charge in [0.1, 0.15) is 12.9 Å². The minimum absolute atomic E-state index is 0.0992. The van der Waals surface area contributed by atoms with Crippen LogP contribution < -0.4 is 0 Å². The van der Waals surface area contributed by atoms with Crippen LogP contribution in [0.4, 0.5) is 0 Å². The van der Waals surface area contributed by atoms with Crippen molar-refractivity contribution in [3.8, 4) is 0 Å². The number of methoxy groups -OCH3 is 1. The summed E-state index contributed by atoms with van der Waals surface area (Å²) < 4.78 is 21.5. The van der Waals surface area contributed by atoms with Crippen molar-refractivity contribution in [2.24, 2.45) is 5.92 Å². The molecule has 1 aliphatic heterocycles. The molecular formula is C13H22O4. The first-order valence-electron chi connectivity index (χ1n) is 6.20. The zero-order chi connectivity index (χ0) is 12.3. The molecule has 4 nitrogen and oxygen atoms in total. The molecule has 0 radical (unpaired) electrons. The highest BCUT2D eigenvalue weighted by Gasteiger charge is 2.37. The van der Waals surface area contributed by atoms with E-state index in [0.29, 0.717) is 25.4 Å². The van der Waals surface area contributed by atoms with E-state index in [4.69, 9.17) is 18.9 Å². The van der Waals surface area contributed by atoms with Crippen molar-refractivity contribution in [3.63, 3.8) is 0 Å². The maximum Gasteiger partial charge on any atom is 0.163 e. The molecular weight excluding hydrogens is 220 g/mol. The highest BCUT2D eigenvalue weighted by atomic mass is 16.7. The van der Waals surface area contributed by atoms with E-state index in [1.165, 1.54) is 0 Å². The lowest BCUT2D eigenvalue weighted by atomic mass is 10.2. The van der Waals surface area contributed by atoms with E-state index < -0.39 is 5.79 Å². The van der Waals surface area contributed by atoms with Gasteiger partial charge in [-0.15, -0.1) is 0 Å². The summed E-state index contributed by atoms with van der Waals surface area (Å²) in [5.41, 5.74) is 0. The molecule has 0 aromatic rings. The summed E-state index contributed by atoms with van der Waals surface area (Å²) in [6, 6.07) is 0. The molecule has 1 aliphatic carbocycles. The second-order valence-electron chi connectivity index (χ2n) is 5.14. The summed E-state index contributed by atoms with van der Waals surface area (Å²) in [4.78, 5) is 0. The predicted octanol–water partition coefficient (Wildman–Crippen LogP) is 2.09. The fourth-order valence-corrected chi connectivity index (χ4v) is 2.04. The lowest BCUT2D eigenvalue weighted by molar-refractivity contribution is -0.133. The zero-order valence-electron chi connectivity index (χ0n) is 10.8. The molecule has 3 atom stereocenters. The van der Waals surface area contributed by atoms with Crippen LogP contribution in [0.1, 0.15) is 26.7 Å². The van der Waals surface area contributed by atoms with Gasteiger partial charge < -0.3 is 18.9 Å². The molecule has 1 saturated heterocycles. The molecule has 0 spiro atoms. The van der Waals surface area contributed by atoms with Gasteiger partial charge in [0.25, 0.3) is 0 Å². The second-order valence-corrected chi connectivity index (χ2v) is 5.14. The van der Waals surface area contributed by atoms with E-state index in [9.17, 15) is 0 Å². The Labute approximate surface area is 103 Å². The predicted molar refractivity (Wildman–Crippen MR) is 63.5 cm³/mol. The van der Waals surface area contributed by atoms with Gasteiger partial charge in [-0.25, -0.2) is 0 Å². The average molecular weight is 242 g/mol. The number of rotatable bonds is 6. The quantitative estimate of drug-likeness (QED) is 0.528. The summed E-state index contributed by atoms with van der Waals surface area (Å²) in [5, 5.41) is 0. The summed E-state index contributed by atoms with van der Waals surface area (Å²) in [7, 11) is 1.65. The minimum Gasteiger partial charge on any atom is -0.359 e. The average Bonchev–Trinajstić information content (AvgIpc) is 2.92. The Morgan fingerprint density at radius 3 is 2.88 bits per heavy atom. The van der Waals surface area contributed by atoms with Gasteiger partial charge in [-0.05, 0) is 32.6 Å². The number of ether oxygens (including phenoxy) is 4. The Hall–Kier alpha value is -0.420. The highest BCUT2D eigenvalue weighted by molar-refractivity contribution is 4.99. The van der Waals surface area contributed by atoms with E-state index in [2.05, 4.69) is 12.2 Å². The third-order valence-electron chi connectivity index (χ3n) is 3.08. The third-order valence-corrected chi connectivity index (χ3v) is 3.08. The van der Waals surface area contributed by atoms with Crippen molar-refractivity contribution in [1.29, 1.82) is 0 Å². The highest BCUT2D eigenvalue weighted by Crippen LogP contribution is 2.37. The van der Waals surface area contributed by atoms with E-state index in [1.54, 1.807) is 7.11 Å². The van der Waals surface area contributed by atoms with Crippen LogP contribution in [0.3, 0.4) is 0 Å². The van der Waals surface area contributed by atoms with Crippen molar-refractivity contribution in [3.05, 3.63) is 12.2 Å². The monoisotopic (exact) mass is 242 g/mol. The fraction of sp³-hybridized carbons (Fsp3) is 0.846. The van der Waals surface area contributed by atoms with Crippen molar-refractivity contribution >= 4 is 0 Å². The van der Waals surface area contributed by atoms with Crippen LogP contribution in [-0.2, 0) is 18.9 Å². The van der Waals surface area contributed by atoms with Crippen molar-refractivity contribution in [2.45, 2.75) is 44.7 Å². The first-order valence-corrected chi connectivity index (χ1v) is 6.20. The Morgan fingerprint density at radius 2 is 2.24 bits per heavy atom. The first kappa shape index (κ1) is 13.0. The Morgan fingerprint density at radius 1 is 1.41 bits per heavy atom. The van der Waals surface area contributed by atoms with Crippen molar-refractivity contribution < 1.29 is 18.9 Å². The number of hydrogen-bond donors (Lipinski definition) is 0. The van der Waals surface area contributed by atoms with Crippen molar-refractivity contribution in [2.75, 3.05) is 20.5 Å². The molecule has 0 N–H and O–H groups in total. The van der Waals surface area contributed by atoms with Crippen LogP contribution in [0.15, 0.2) is 12.2 Å². The van der Waals surface area contributed by atoms with Gasteiger partial charge in [0.2, 0.25) is 0 Å². The smallest absolute Gasteiger partial charge is 0.163 e. The van der Waals surface area contributed by atoms with Crippen molar-refractivity contribution in [1.82, 2.24) is 0 Å². The number of allylic oxidation sites excluding steroid dienone is 1. The summed E-state index contributed by atoms with van der Waals surface area (Å²) in [6.45, 7) is 4.93. The van der Waals surface area contributed by atoms with E-state index in [1.807, 2.05) is 13.8 Å². The lowest BCUT2D eigenvalue weighted by Gasteiger charge is -2.15. The fourth-order valence-electron chi connectivity index (χ4n) is 2.04. The Balaban J connectivity index is 1.60. The molecule has 17 heavy (non-hydrogen) atoms. The van der Waals surface area contributed by atoms with Gasteiger partial charge >= 0.3 is 0 Å². The third kappa shape index (κ3) is 4.07. The minimum atomic E-state index is -0.432. The summed E-state index contributed by atoms with van der Waals surface area (Å²) in [6.07, 6.45) is 6.95. The molecule has 0 amide bonds. The number of hydrogen-bond acceptors (Lipinski definition) is 4. The first-order chi connectivity index (χ1) is 8.11. The molecule has 0 bridgehead atoms. The van der Waals surface area contributed by atoms with Gasteiger partial charge in [0.05, 0.1) is 12.7 Å². The standard InChI is InChI=1S/C13H22O4/c1-13(2)16-8-11(17-13)6-4-5-10-7-12(10)15-9-14-3/h4,6,10-12H,5,7-9H2,1-3H3/b6-4+/t10?,11?,12-/m1/s1. The molecule has 2 rings (SSSR count). The summed E-state index contributed by atoms with van der Waals surface area (Å²) >= 11 is 0. The molecule has 1 saturated carbocycles. The van der Waals surface area contributed by atoms with Gasteiger partial charge in [-0.2, -0.15) is 0 Å².